The molecular formula is C11H9N3OS2. The number of amides is 1. The minimum atomic E-state index is -0.323. The molecule has 0 radical (unpaired) electrons. The minimum absolute atomic E-state index is 0.146. The van der Waals surface area contributed by atoms with Crippen LogP contribution in [-0.4, -0.2) is 10.9 Å². The summed E-state index contributed by atoms with van der Waals surface area (Å²) in [7, 11) is 0. The van der Waals surface area contributed by atoms with E-state index >= 15 is 0 Å². The van der Waals surface area contributed by atoms with Gasteiger partial charge >= 0.3 is 0 Å². The van der Waals surface area contributed by atoms with Crippen molar-refractivity contribution in [3.05, 3.63) is 22.4 Å². The van der Waals surface area contributed by atoms with Gasteiger partial charge in [0.2, 0.25) is 5.91 Å². The number of carbonyl (C=O) groups is 1. The molecule has 6 heteroatoms. The Balaban J connectivity index is 2.11. The highest BCUT2D eigenvalue weighted by atomic mass is 32.1. The highest BCUT2D eigenvalue weighted by Crippen LogP contribution is 2.30. The van der Waals surface area contributed by atoms with Gasteiger partial charge < -0.3 is 5.32 Å². The smallest absolute Gasteiger partial charge is 0.240 e. The van der Waals surface area contributed by atoms with Gasteiger partial charge in [0, 0.05) is 10.3 Å². The lowest BCUT2D eigenvalue weighted by Gasteiger charge is -1.95. The van der Waals surface area contributed by atoms with Crippen molar-refractivity contribution in [1.82, 2.24) is 4.98 Å². The largest absolute Gasteiger partial charge is 0.301 e. The third-order valence-electron chi connectivity index (χ3n) is 1.98. The van der Waals surface area contributed by atoms with Gasteiger partial charge in [-0.2, -0.15) is 5.26 Å². The molecule has 2 rings (SSSR count). The van der Waals surface area contributed by atoms with Crippen molar-refractivity contribution in [3.63, 3.8) is 0 Å². The van der Waals surface area contributed by atoms with Crippen molar-refractivity contribution < 1.29 is 4.79 Å². The summed E-state index contributed by atoms with van der Waals surface area (Å²) in [6.07, 6.45) is -0.146. The maximum Gasteiger partial charge on any atom is 0.240 e. The van der Waals surface area contributed by atoms with Crippen molar-refractivity contribution in [1.29, 1.82) is 5.26 Å². The van der Waals surface area contributed by atoms with Gasteiger partial charge in [0.15, 0.2) is 5.13 Å². The summed E-state index contributed by atoms with van der Waals surface area (Å²) in [5, 5.41) is 13.4. The molecular weight excluding hydrogens is 254 g/mol. The topological polar surface area (TPSA) is 65.8 Å². The molecule has 2 aromatic heterocycles. The van der Waals surface area contributed by atoms with Crippen LogP contribution in [0.4, 0.5) is 5.13 Å². The number of hydrogen-bond donors (Lipinski definition) is 1. The van der Waals surface area contributed by atoms with Gasteiger partial charge in [0.05, 0.1) is 16.6 Å². The van der Waals surface area contributed by atoms with E-state index in [0.717, 1.165) is 10.6 Å². The molecule has 0 atom stereocenters. The number of thiazole rings is 1. The minimum Gasteiger partial charge on any atom is -0.301 e. The van der Waals surface area contributed by atoms with Crippen LogP contribution in [0.5, 0.6) is 0 Å². The number of thiophene rings is 1. The van der Waals surface area contributed by atoms with Crippen LogP contribution in [0.15, 0.2) is 17.5 Å². The number of nitrogens with zero attached hydrogens (tertiary/aromatic N) is 2. The molecule has 2 heterocycles. The van der Waals surface area contributed by atoms with Crippen LogP contribution >= 0.6 is 22.7 Å². The molecule has 1 amide bonds. The van der Waals surface area contributed by atoms with Crippen molar-refractivity contribution in [2.45, 2.75) is 13.3 Å². The molecule has 0 saturated carbocycles. The molecule has 0 aliphatic carbocycles. The third-order valence-corrected chi connectivity index (χ3v) is 3.76. The van der Waals surface area contributed by atoms with Crippen LogP contribution in [0.2, 0.25) is 0 Å². The summed E-state index contributed by atoms with van der Waals surface area (Å²) in [6.45, 7) is 2.04. The molecule has 86 valence electrons. The molecule has 0 unspecified atom stereocenters. The van der Waals surface area contributed by atoms with Crippen LogP contribution in [0, 0.1) is 18.3 Å². The van der Waals surface area contributed by atoms with Crippen molar-refractivity contribution in [3.8, 4) is 16.6 Å². The second kappa shape index (κ2) is 5.08. The standard InChI is InChI=1S/C11H9N3OS2/c1-7-2-3-9(17-7)8-6-16-11(13-8)14-10(15)4-5-12/h2-3,6H,4H2,1H3,(H,13,14,15). The molecule has 1 N–H and O–H groups in total. The van der Waals surface area contributed by atoms with E-state index in [2.05, 4.69) is 10.3 Å². The average Bonchev–Trinajstić information content (AvgIpc) is 2.87. The lowest BCUT2D eigenvalue weighted by atomic mass is 10.4. The quantitative estimate of drug-likeness (QED) is 0.925. The zero-order valence-electron chi connectivity index (χ0n) is 9.06. The fourth-order valence-electron chi connectivity index (χ4n) is 1.25. The number of aromatic nitrogens is 1. The summed E-state index contributed by atoms with van der Waals surface area (Å²) >= 11 is 3.02. The number of anilines is 1. The van der Waals surface area contributed by atoms with E-state index in [9.17, 15) is 4.79 Å². The van der Waals surface area contributed by atoms with E-state index in [1.54, 1.807) is 17.4 Å². The second-order valence-corrected chi connectivity index (χ2v) is 5.48. The summed E-state index contributed by atoms with van der Waals surface area (Å²) < 4.78 is 0. The maximum absolute atomic E-state index is 11.2. The van der Waals surface area contributed by atoms with Gasteiger partial charge in [0.25, 0.3) is 0 Å². The van der Waals surface area contributed by atoms with Gasteiger partial charge in [-0.1, -0.05) is 0 Å². The fraction of sp³-hybridized carbons (Fsp3) is 0.182. The molecule has 0 spiro atoms. The summed E-state index contributed by atoms with van der Waals surface area (Å²) in [5.74, 6) is -0.323. The first-order valence-corrected chi connectivity index (χ1v) is 6.58. The zero-order valence-corrected chi connectivity index (χ0v) is 10.7. The van der Waals surface area contributed by atoms with E-state index in [-0.39, 0.29) is 12.3 Å². The molecule has 0 aliphatic rings. The monoisotopic (exact) mass is 263 g/mol. The normalized spacial score (nSPS) is 9.88. The van der Waals surface area contributed by atoms with E-state index in [1.165, 1.54) is 16.2 Å². The number of nitriles is 1. The number of rotatable bonds is 3. The lowest BCUT2D eigenvalue weighted by Crippen LogP contribution is -2.09. The first-order valence-electron chi connectivity index (χ1n) is 4.88. The fourth-order valence-corrected chi connectivity index (χ4v) is 2.88. The Morgan fingerprint density at radius 2 is 2.41 bits per heavy atom. The Labute approximate surface area is 107 Å². The van der Waals surface area contributed by atoms with Crippen molar-refractivity contribution in [2.75, 3.05) is 5.32 Å². The van der Waals surface area contributed by atoms with Gasteiger partial charge in [-0.05, 0) is 19.1 Å². The third kappa shape index (κ3) is 2.90. The Morgan fingerprint density at radius 3 is 3.06 bits per heavy atom. The van der Waals surface area contributed by atoms with Gasteiger partial charge in [-0.3, -0.25) is 4.79 Å². The highest BCUT2D eigenvalue weighted by Gasteiger charge is 2.08. The summed E-state index contributed by atoms with van der Waals surface area (Å²) in [5.41, 5.74) is 0.861. The highest BCUT2D eigenvalue weighted by molar-refractivity contribution is 7.17. The van der Waals surface area contributed by atoms with Gasteiger partial charge in [-0.25, -0.2) is 4.98 Å². The predicted octanol–water partition coefficient (Wildman–Crippen LogP) is 3.03. The summed E-state index contributed by atoms with van der Waals surface area (Å²) in [4.78, 5) is 17.8. The lowest BCUT2D eigenvalue weighted by molar-refractivity contribution is -0.115. The summed E-state index contributed by atoms with van der Waals surface area (Å²) in [6, 6.07) is 5.84. The Hall–Kier alpha value is -1.71. The molecule has 2 aromatic rings. The van der Waals surface area contributed by atoms with E-state index < -0.39 is 0 Å². The van der Waals surface area contributed by atoms with Crippen LogP contribution in [0.25, 0.3) is 10.6 Å². The first-order chi connectivity index (χ1) is 8.19. The van der Waals surface area contributed by atoms with E-state index in [0.29, 0.717) is 5.13 Å². The zero-order chi connectivity index (χ0) is 12.3. The Bertz CT molecular complexity index is 580. The average molecular weight is 263 g/mol. The SMILES string of the molecule is Cc1ccc(-c2csc(NC(=O)CC#N)n2)s1. The molecule has 0 saturated heterocycles. The number of carbonyl (C=O) groups excluding carboxylic acids is 1. The number of nitrogens with one attached hydrogen (secondary N) is 1. The number of hydrogen-bond acceptors (Lipinski definition) is 5. The molecule has 0 aromatic carbocycles. The van der Waals surface area contributed by atoms with Crippen LogP contribution in [-0.2, 0) is 4.79 Å². The molecule has 0 aliphatic heterocycles. The van der Waals surface area contributed by atoms with E-state index in [1.807, 2.05) is 24.4 Å². The van der Waals surface area contributed by atoms with Crippen LogP contribution in [0.3, 0.4) is 0 Å². The molecule has 0 fully saturated rings. The second-order valence-electron chi connectivity index (χ2n) is 3.33. The maximum atomic E-state index is 11.2. The molecule has 4 nitrogen and oxygen atoms in total. The predicted molar refractivity (Wildman–Crippen MR) is 69.0 cm³/mol. The number of aryl methyl sites for hydroxylation is 1. The van der Waals surface area contributed by atoms with Crippen molar-refractivity contribution >= 4 is 33.7 Å². The molecule has 17 heavy (non-hydrogen) atoms. The van der Waals surface area contributed by atoms with Gasteiger partial charge in [0.1, 0.15) is 6.42 Å². The van der Waals surface area contributed by atoms with Crippen molar-refractivity contribution in [2.24, 2.45) is 0 Å². The first kappa shape index (κ1) is 11.8. The Morgan fingerprint density at radius 1 is 1.59 bits per heavy atom. The van der Waals surface area contributed by atoms with Crippen LogP contribution in [0.1, 0.15) is 11.3 Å². The molecule has 0 bridgehead atoms. The van der Waals surface area contributed by atoms with Gasteiger partial charge in [-0.15, -0.1) is 22.7 Å². The Kier molecular flexibility index (Phi) is 3.52. The van der Waals surface area contributed by atoms with Crippen LogP contribution < -0.4 is 5.32 Å². The van der Waals surface area contributed by atoms with E-state index in [4.69, 9.17) is 5.26 Å².